The summed E-state index contributed by atoms with van der Waals surface area (Å²) in [6.07, 6.45) is -9.00. The SMILES string of the molecule is FC(F)(F)COCCNc1cc(Br)ccc1C(F)(F)F. The second-order valence-corrected chi connectivity index (χ2v) is 4.70. The van der Waals surface area contributed by atoms with Crippen LogP contribution in [0.25, 0.3) is 0 Å². The maximum absolute atomic E-state index is 12.7. The molecule has 1 rings (SSSR count). The number of hydrogen-bond donors (Lipinski definition) is 1. The Bertz CT molecular complexity index is 446. The molecule has 0 spiro atoms. The molecule has 0 radical (unpaired) electrons. The van der Waals surface area contributed by atoms with E-state index in [4.69, 9.17) is 0 Å². The first-order valence-corrected chi connectivity index (χ1v) is 6.14. The smallest absolute Gasteiger partial charge is 0.382 e. The molecule has 9 heteroatoms. The van der Waals surface area contributed by atoms with Crippen LogP contribution < -0.4 is 5.32 Å². The fraction of sp³-hybridized carbons (Fsp3) is 0.455. The lowest BCUT2D eigenvalue weighted by Crippen LogP contribution is -2.20. The molecule has 20 heavy (non-hydrogen) atoms. The van der Waals surface area contributed by atoms with E-state index in [1.807, 2.05) is 0 Å². The molecule has 1 aromatic rings. The van der Waals surface area contributed by atoms with Crippen LogP contribution in [0.2, 0.25) is 0 Å². The molecular formula is C11H10BrF6NO. The van der Waals surface area contributed by atoms with Crippen LogP contribution in [0.15, 0.2) is 22.7 Å². The van der Waals surface area contributed by atoms with Crippen molar-refractivity contribution in [1.29, 1.82) is 0 Å². The third-order valence-corrected chi connectivity index (χ3v) is 2.61. The first kappa shape index (κ1) is 17.1. The molecule has 0 aromatic heterocycles. The van der Waals surface area contributed by atoms with E-state index in [-0.39, 0.29) is 18.8 Å². The van der Waals surface area contributed by atoms with Crippen molar-refractivity contribution in [3.63, 3.8) is 0 Å². The van der Waals surface area contributed by atoms with Gasteiger partial charge >= 0.3 is 12.4 Å². The van der Waals surface area contributed by atoms with Crippen LogP contribution in [-0.4, -0.2) is 25.9 Å². The summed E-state index contributed by atoms with van der Waals surface area (Å²) in [4.78, 5) is 0. The first-order valence-electron chi connectivity index (χ1n) is 5.35. The minimum Gasteiger partial charge on any atom is -0.382 e. The Morgan fingerprint density at radius 2 is 1.75 bits per heavy atom. The van der Waals surface area contributed by atoms with Crippen LogP contribution in [0.4, 0.5) is 32.0 Å². The highest BCUT2D eigenvalue weighted by molar-refractivity contribution is 9.10. The lowest BCUT2D eigenvalue weighted by atomic mass is 10.1. The van der Waals surface area contributed by atoms with E-state index >= 15 is 0 Å². The molecule has 1 N–H and O–H groups in total. The topological polar surface area (TPSA) is 21.3 Å². The summed E-state index contributed by atoms with van der Waals surface area (Å²) in [5, 5.41) is 2.40. The average Bonchev–Trinajstić information content (AvgIpc) is 2.25. The average molecular weight is 366 g/mol. The van der Waals surface area contributed by atoms with Crippen LogP contribution in [0.1, 0.15) is 5.56 Å². The van der Waals surface area contributed by atoms with Crippen molar-refractivity contribution in [2.24, 2.45) is 0 Å². The molecule has 0 amide bonds. The van der Waals surface area contributed by atoms with Gasteiger partial charge in [-0.05, 0) is 18.2 Å². The number of halogens is 7. The van der Waals surface area contributed by atoms with E-state index in [0.717, 1.165) is 6.07 Å². The van der Waals surface area contributed by atoms with Gasteiger partial charge in [-0.1, -0.05) is 15.9 Å². The monoisotopic (exact) mass is 365 g/mol. The summed E-state index contributed by atoms with van der Waals surface area (Å²) >= 11 is 3.02. The van der Waals surface area contributed by atoms with Gasteiger partial charge in [-0.15, -0.1) is 0 Å². The Labute approximate surface area is 119 Å². The highest BCUT2D eigenvalue weighted by atomic mass is 79.9. The third kappa shape index (κ3) is 6.00. The molecule has 0 saturated carbocycles. The normalized spacial score (nSPS) is 12.6. The molecule has 0 unspecified atom stereocenters. The van der Waals surface area contributed by atoms with E-state index in [2.05, 4.69) is 26.0 Å². The third-order valence-electron chi connectivity index (χ3n) is 2.11. The van der Waals surface area contributed by atoms with Crippen molar-refractivity contribution < 1.29 is 31.1 Å². The second-order valence-electron chi connectivity index (χ2n) is 3.78. The second kappa shape index (κ2) is 6.66. The van der Waals surface area contributed by atoms with Crippen LogP contribution in [-0.2, 0) is 10.9 Å². The summed E-state index contributed by atoms with van der Waals surface area (Å²) in [5.41, 5.74) is -1.11. The first-order chi connectivity index (χ1) is 9.09. The summed E-state index contributed by atoms with van der Waals surface area (Å²) < 4.78 is 78.1. The van der Waals surface area contributed by atoms with Gasteiger partial charge in [-0.25, -0.2) is 0 Å². The number of anilines is 1. The van der Waals surface area contributed by atoms with Gasteiger partial charge in [-0.3, -0.25) is 0 Å². The van der Waals surface area contributed by atoms with Crippen molar-refractivity contribution in [3.05, 3.63) is 28.2 Å². The molecule has 2 nitrogen and oxygen atoms in total. The van der Waals surface area contributed by atoms with Gasteiger partial charge in [0.25, 0.3) is 0 Å². The number of alkyl halides is 6. The Kier molecular flexibility index (Phi) is 5.69. The van der Waals surface area contributed by atoms with Crippen molar-refractivity contribution >= 4 is 21.6 Å². The van der Waals surface area contributed by atoms with Crippen molar-refractivity contribution in [2.75, 3.05) is 25.1 Å². The summed E-state index contributed by atoms with van der Waals surface area (Å²) in [6.45, 7) is -1.96. The molecule has 0 saturated heterocycles. The standard InChI is InChI=1S/C11H10BrF6NO/c12-7-1-2-8(11(16,17)18)9(5-7)19-3-4-20-6-10(13,14)15/h1-2,5,19H,3-4,6H2. The summed E-state index contributed by atoms with van der Waals surface area (Å²) in [7, 11) is 0. The van der Waals surface area contributed by atoms with Crippen LogP contribution in [0.3, 0.4) is 0 Å². The highest BCUT2D eigenvalue weighted by Gasteiger charge is 2.33. The fourth-order valence-corrected chi connectivity index (χ4v) is 1.72. The maximum atomic E-state index is 12.7. The van der Waals surface area contributed by atoms with E-state index in [1.165, 1.54) is 12.1 Å². The number of ether oxygens (including phenoxy) is 1. The van der Waals surface area contributed by atoms with Crippen LogP contribution in [0, 0.1) is 0 Å². The fourth-order valence-electron chi connectivity index (χ4n) is 1.36. The lowest BCUT2D eigenvalue weighted by molar-refractivity contribution is -0.172. The van der Waals surface area contributed by atoms with Crippen LogP contribution in [0.5, 0.6) is 0 Å². The number of hydrogen-bond acceptors (Lipinski definition) is 2. The van der Waals surface area contributed by atoms with E-state index in [9.17, 15) is 26.3 Å². The molecule has 0 aliphatic heterocycles. The number of rotatable bonds is 5. The van der Waals surface area contributed by atoms with Gasteiger partial charge in [0.2, 0.25) is 0 Å². The van der Waals surface area contributed by atoms with Gasteiger partial charge in [0.1, 0.15) is 6.61 Å². The summed E-state index contributed by atoms with van der Waals surface area (Å²) in [5.74, 6) is 0. The Balaban J connectivity index is 2.57. The van der Waals surface area contributed by atoms with E-state index in [0.29, 0.717) is 4.47 Å². The molecule has 0 aliphatic rings. The zero-order chi connectivity index (χ0) is 15.4. The van der Waals surface area contributed by atoms with E-state index < -0.39 is 24.5 Å². The lowest BCUT2D eigenvalue weighted by Gasteiger charge is -2.15. The molecule has 1 aromatic carbocycles. The molecule has 0 fully saturated rings. The van der Waals surface area contributed by atoms with Crippen LogP contribution >= 0.6 is 15.9 Å². The minimum absolute atomic E-state index is 0.171. The van der Waals surface area contributed by atoms with E-state index in [1.54, 1.807) is 0 Å². The van der Waals surface area contributed by atoms with Gasteiger partial charge < -0.3 is 10.1 Å². The molecular weight excluding hydrogens is 356 g/mol. The van der Waals surface area contributed by atoms with Crippen molar-refractivity contribution in [3.8, 4) is 0 Å². The highest BCUT2D eigenvalue weighted by Crippen LogP contribution is 2.36. The Hall–Kier alpha value is -0.960. The van der Waals surface area contributed by atoms with Gasteiger partial charge in [0.05, 0.1) is 12.2 Å². The zero-order valence-electron chi connectivity index (χ0n) is 9.91. The predicted octanol–water partition coefficient (Wildman–Crippen LogP) is 4.46. The van der Waals surface area contributed by atoms with Gasteiger partial charge in [0, 0.05) is 16.7 Å². The number of benzene rings is 1. The quantitative estimate of drug-likeness (QED) is 0.614. The Morgan fingerprint density at radius 1 is 1.10 bits per heavy atom. The van der Waals surface area contributed by atoms with Crippen molar-refractivity contribution in [2.45, 2.75) is 12.4 Å². The van der Waals surface area contributed by atoms with Gasteiger partial charge in [0.15, 0.2) is 0 Å². The summed E-state index contributed by atoms with van der Waals surface area (Å²) in [6, 6.07) is 3.31. The largest absolute Gasteiger partial charge is 0.418 e. The zero-order valence-corrected chi connectivity index (χ0v) is 11.5. The minimum atomic E-state index is -4.55. The maximum Gasteiger partial charge on any atom is 0.418 e. The van der Waals surface area contributed by atoms with Gasteiger partial charge in [-0.2, -0.15) is 26.3 Å². The molecule has 0 atom stereocenters. The predicted molar refractivity (Wildman–Crippen MR) is 64.5 cm³/mol. The molecule has 0 heterocycles. The van der Waals surface area contributed by atoms with Crippen molar-refractivity contribution in [1.82, 2.24) is 0 Å². The molecule has 0 aliphatic carbocycles. The Morgan fingerprint density at radius 3 is 2.30 bits per heavy atom. The molecule has 0 bridgehead atoms. The number of nitrogens with one attached hydrogen (secondary N) is 1. The molecule has 114 valence electrons.